The second-order valence-corrected chi connectivity index (χ2v) is 8.41. The van der Waals surface area contributed by atoms with E-state index in [-0.39, 0.29) is 0 Å². The molecule has 0 spiro atoms. The van der Waals surface area contributed by atoms with E-state index in [1.165, 1.54) is 16.1 Å². The van der Waals surface area contributed by atoms with E-state index < -0.39 is 0 Å². The summed E-state index contributed by atoms with van der Waals surface area (Å²) in [5, 5.41) is 6.76. The van der Waals surface area contributed by atoms with Crippen molar-refractivity contribution < 1.29 is 0 Å². The smallest absolute Gasteiger partial charge is 0.180 e. The van der Waals surface area contributed by atoms with Crippen molar-refractivity contribution in [2.45, 2.75) is 32.5 Å². The SMILES string of the molecule is Cc1nn(CN2CCC[C@H]2c2nc3ccccc3s2)c(=S)s1. The number of benzene rings is 1. The average Bonchev–Trinajstić information content (AvgIpc) is 3.18. The number of aryl methyl sites for hydroxylation is 1. The summed E-state index contributed by atoms with van der Waals surface area (Å²) >= 11 is 8.79. The molecule has 1 atom stereocenters. The van der Waals surface area contributed by atoms with Crippen molar-refractivity contribution in [3.8, 4) is 0 Å². The van der Waals surface area contributed by atoms with Crippen molar-refractivity contribution in [1.82, 2.24) is 19.7 Å². The van der Waals surface area contributed by atoms with Crippen LogP contribution in [0.4, 0.5) is 0 Å². The van der Waals surface area contributed by atoms with Crippen molar-refractivity contribution in [2.24, 2.45) is 0 Å². The molecule has 4 nitrogen and oxygen atoms in total. The van der Waals surface area contributed by atoms with Gasteiger partial charge in [0.05, 0.1) is 22.9 Å². The van der Waals surface area contributed by atoms with Gasteiger partial charge in [-0.1, -0.05) is 23.5 Å². The van der Waals surface area contributed by atoms with Gasteiger partial charge in [-0.25, -0.2) is 9.67 Å². The second kappa shape index (κ2) is 5.81. The molecule has 1 aromatic carbocycles. The van der Waals surface area contributed by atoms with Crippen molar-refractivity contribution in [2.75, 3.05) is 6.54 Å². The fourth-order valence-electron chi connectivity index (χ4n) is 2.98. The van der Waals surface area contributed by atoms with Crippen LogP contribution in [0.1, 0.15) is 28.9 Å². The Morgan fingerprint density at radius 1 is 1.32 bits per heavy atom. The number of para-hydroxylation sites is 1. The van der Waals surface area contributed by atoms with Gasteiger partial charge < -0.3 is 0 Å². The highest BCUT2D eigenvalue weighted by atomic mass is 32.1. The molecule has 1 aliphatic heterocycles. The van der Waals surface area contributed by atoms with Gasteiger partial charge in [0.1, 0.15) is 10.0 Å². The van der Waals surface area contributed by atoms with E-state index in [1.54, 1.807) is 11.3 Å². The first-order chi connectivity index (χ1) is 10.7. The third-order valence-electron chi connectivity index (χ3n) is 3.98. The average molecular weight is 349 g/mol. The number of fused-ring (bicyclic) bond motifs is 1. The number of thiazole rings is 1. The van der Waals surface area contributed by atoms with Crippen molar-refractivity contribution in [1.29, 1.82) is 0 Å². The number of likely N-dealkylation sites (tertiary alicyclic amines) is 1. The Morgan fingerprint density at radius 2 is 2.18 bits per heavy atom. The van der Waals surface area contributed by atoms with Crippen molar-refractivity contribution >= 4 is 45.1 Å². The number of hydrogen-bond acceptors (Lipinski definition) is 6. The van der Waals surface area contributed by atoms with Crippen LogP contribution in [0.2, 0.25) is 0 Å². The molecule has 0 bridgehead atoms. The number of aromatic nitrogens is 3. The highest BCUT2D eigenvalue weighted by molar-refractivity contribution is 7.73. The topological polar surface area (TPSA) is 34.0 Å². The van der Waals surface area contributed by atoms with Gasteiger partial charge >= 0.3 is 0 Å². The number of nitrogens with zero attached hydrogens (tertiary/aromatic N) is 4. The van der Waals surface area contributed by atoms with Crippen LogP contribution in [0.5, 0.6) is 0 Å². The lowest BCUT2D eigenvalue weighted by Crippen LogP contribution is -2.26. The molecule has 1 saturated heterocycles. The maximum atomic E-state index is 5.39. The van der Waals surface area contributed by atoms with Crippen LogP contribution < -0.4 is 0 Å². The third-order valence-corrected chi connectivity index (χ3v) is 6.34. The predicted octanol–water partition coefficient (Wildman–Crippen LogP) is 4.39. The molecule has 0 saturated carbocycles. The molecule has 114 valence electrons. The van der Waals surface area contributed by atoms with Gasteiger partial charge in [-0.15, -0.1) is 11.3 Å². The van der Waals surface area contributed by atoms with Gasteiger partial charge in [-0.05, 0) is 44.1 Å². The molecule has 22 heavy (non-hydrogen) atoms. The molecule has 3 heterocycles. The van der Waals surface area contributed by atoms with Crippen LogP contribution in [0, 0.1) is 10.9 Å². The molecule has 0 aliphatic carbocycles. The Labute approximate surface area is 142 Å². The van der Waals surface area contributed by atoms with Crippen LogP contribution in [0.3, 0.4) is 0 Å². The van der Waals surface area contributed by atoms with E-state index in [0.29, 0.717) is 6.04 Å². The summed E-state index contributed by atoms with van der Waals surface area (Å²) in [6, 6.07) is 8.76. The molecule has 2 aromatic heterocycles. The fraction of sp³-hybridized carbons (Fsp3) is 0.400. The molecule has 0 unspecified atom stereocenters. The summed E-state index contributed by atoms with van der Waals surface area (Å²) in [5.74, 6) is 0. The summed E-state index contributed by atoms with van der Waals surface area (Å²) in [4.78, 5) is 7.29. The summed E-state index contributed by atoms with van der Waals surface area (Å²) in [6.07, 6.45) is 2.37. The van der Waals surface area contributed by atoms with Crippen LogP contribution in [0.15, 0.2) is 24.3 Å². The minimum absolute atomic E-state index is 0.390. The zero-order valence-electron chi connectivity index (χ0n) is 12.2. The Kier molecular flexibility index (Phi) is 3.81. The predicted molar refractivity (Wildman–Crippen MR) is 94.0 cm³/mol. The molecular formula is C15H16N4S3. The Hall–Kier alpha value is -1.15. The van der Waals surface area contributed by atoms with E-state index in [0.717, 1.165) is 34.1 Å². The van der Waals surface area contributed by atoms with E-state index >= 15 is 0 Å². The van der Waals surface area contributed by atoms with Gasteiger partial charge in [-0.2, -0.15) is 5.10 Å². The van der Waals surface area contributed by atoms with Gasteiger partial charge in [0.15, 0.2) is 3.95 Å². The molecule has 0 radical (unpaired) electrons. The first kappa shape index (κ1) is 14.4. The second-order valence-electron chi connectivity index (χ2n) is 5.52. The molecule has 1 fully saturated rings. The number of rotatable bonds is 3. The molecular weight excluding hydrogens is 332 g/mol. The maximum Gasteiger partial charge on any atom is 0.180 e. The monoisotopic (exact) mass is 348 g/mol. The molecule has 7 heteroatoms. The molecule has 0 amide bonds. The van der Waals surface area contributed by atoms with Crippen LogP contribution in [-0.2, 0) is 6.67 Å². The largest absolute Gasteiger partial charge is 0.275 e. The highest BCUT2D eigenvalue weighted by Gasteiger charge is 2.29. The standard InChI is InChI=1S/C15H16N4S3/c1-10-17-19(15(20)21-10)9-18-8-4-6-12(18)14-16-11-5-2-3-7-13(11)22-14/h2-3,5,7,12H,4,6,8-9H2,1H3/t12-/m0/s1. The van der Waals surface area contributed by atoms with Crippen LogP contribution in [0.25, 0.3) is 10.2 Å². The molecule has 4 rings (SSSR count). The first-order valence-electron chi connectivity index (χ1n) is 7.35. The van der Waals surface area contributed by atoms with Gasteiger partial charge in [0, 0.05) is 6.54 Å². The summed E-state index contributed by atoms with van der Waals surface area (Å²) in [6.45, 7) is 3.86. The maximum absolute atomic E-state index is 5.39. The Bertz CT molecular complexity index is 830. The fourth-order valence-corrected chi connectivity index (χ4v) is 5.17. The Balaban J connectivity index is 1.63. The zero-order chi connectivity index (χ0) is 15.1. The molecule has 3 aromatic rings. The normalized spacial score (nSPS) is 19.2. The van der Waals surface area contributed by atoms with E-state index in [4.69, 9.17) is 17.2 Å². The molecule has 0 N–H and O–H groups in total. The number of hydrogen-bond donors (Lipinski definition) is 0. The van der Waals surface area contributed by atoms with Gasteiger partial charge in [-0.3, -0.25) is 4.90 Å². The third kappa shape index (κ3) is 2.62. The van der Waals surface area contributed by atoms with Crippen LogP contribution in [-0.4, -0.2) is 26.2 Å². The first-order valence-corrected chi connectivity index (χ1v) is 9.39. The highest BCUT2D eigenvalue weighted by Crippen LogP contribution is 2.36. The zero-order valence-corrected chi connectivity index (χ0v) is 14.7. The van der Waals surface area contributed by atoms with Crippen molar-refractivity contribution in [3.05, 3.63) is 38.2 Å². The van der Waals surface area contributed by atoms with Crippen LogP contribution >= 0.6 is 34.9 Å². The lowest BCUT2D eigenvalue weighted by Gasteiger charge is -2.22. The quantitative estimate of drug-likeness (QED) is 0.658. The summed E-state index contributed by atoms with van der Waals surface area (Å²) in [7, 11) is 0. The van der Waals surface area contributed by atoms with E-state index in [2.05, 4.69) is 34.3 Å². The summed E-state index contributed by atoms with van der Waals surface area (Å²) < 4.78 is 4.07. The lowest BCUT2D eigenvalue weighted by atomic mass is 10.2. The summed E-state index contributed by atoms with van der Waals surface area (Å²) in [5.41, 5.74) is 1.11. The van der Waals surface area contributed by atoms with Gasteiger partial charge in [0.2, 0.25) is 0 Å². The minimum atomic E-state index is 0.390. The Morgan fingerprint density at radius 3 is 2.95 bits per heavy atom. The van der Waals surface area contributed by atoms with E-state index in [9.17, 15) is 0 Å². The van der Waals surface area contributed by atoms with E-state index in [1.807, 2.05) is 22.9 Å². The minimum Gasteiger partial charge on any atom is -0.275 e. The lowest BCUT2D eigenvalue weighted by molar-refractivity contribution is 0.190. The van der Waals surface area contributed by atoms with Gasteiger partial charge in [0.25, 0.3) is 0 Å². The van der Waals surface area contributed by atoms with Crippen molar-refractivity contribution in [3.63, 3.8) is 0 Å². The molecule has 1 aliphatic rings.